The van der Waals surface area contributed by atoms with Gasteiger partial charge in [-0.3, -0.25) is 9.59 Å². The third kappa shape index (κ3) is 4.09. The van der Waals surface area contributed by atoms with Crippen LogP contribution in [0.3, 0.4) is 0 Å². The van der Waals surface area contributed by atoms with Gasteiger partial charge in [-0.05, 0) is 37.6 Å². The average Bonchev–Trinajstić information content (AvgIpc) is 2.99. The predicted molar refractivity (Wildman–Crippen MR) is 94.5 cm³/mol. The van der Waals surface area contributed by atoms with Crippen molar-refractivity contribution in [3.8, 4) is 0 Å². The highest BCUT2D eigenvalue weighted by molar-refractivity contribution is 7.93. The van der Waals surface area contributed by atoms with Gasteiger partial charge in [0.15, 0.2) is 0 Å². The number of benzene rings is 1. The minimum Gasteiger partial charge on any atom is -0.381 e. The third-order valence-corrected chi connectivity index (χ3v) is 6.70. The van der Waals surface area contributed by atoms with Crippen LogP contribution >= 0.6 is 11.3 Å². The van der Waals surface area contributed by atoms with Crippen molar-refractivity contribution < 1.29 is 27.5 Å². The zero-order chi connectivity index (χ0) is 19.7. The summed E-state index contributed by atoms with van der Waals surface area (Å²) >= 11 is 0.638. The predicted octanol–water partition coefficient (Wildman–Crippen LogP) is 1.86. The SMILES string of the molecule is CC(C)(O)C(=O)Nc1sc(S(=O)(=O)c2ccc(CF)cc2)cc1C(N)=O. The van der Waals surface area contributed by atoms with E-state index in [4.69, 9.17) is 5.73 Å². The molecule has 2 aromatic rings. The molecule has 0 saturated carbocycles. The van der Waals surface area contributed by atoms with Crippen molar-refractivity contribution in [2.24, 2.45) is 5.73 Å². The number of carbonyl (C=O) groups excluding carboxylic acids is 2. The number of hydrogen-bond donors (Lipinski definition) is 3. The van der Waals surface area contributed by atoms with Crippen LogP contribution in [0, 0.1) is 0 Å². The molecule has 0 atom stereocenters. The van der Waals surface area contributed by atoms with E-state index in [0.717, 1.165) is 6.07 Å². The first-order valence-corrected chi connectivity index (χ1v) is 9.64. The summed E-state index contributed by atoms with van der Waals surface area (Å²) < 4.78 is 37.8. The van der Waals surface area contributed by atoms with Gasteiger partial charge >= 0.3 is 0 Å². The molecule has 1 aromatic heterocycles. The van der Waals surface area contributed by atoms with Crippen molar-refractivity contribution in [3.05, 3.63) is 41.5 Å². The molecule has 2 amide bonds. The van der Waals surface area contributed by atoms with E-state index in [-0.39, 0.29) is 19.7 Å². The number of aliphatic hydroxyl groups is 1. The fraction of sp³-hybridized carbons (Fsp3) is 0.250. The first kappa shape index (κ1) is 20.0. The van der Waals surface area contributed by atoms with E-state index in [2.05, 4.69) is 5.32 Å². The molecule has 0 unspecified atom stereocenters. The van der Waals surface area contributed by atoms with Crippen molar-refractivity contribution >= 4 is 38.0 Å². The van der Waals surface area contributed by atoms with Crippen LogP contribution in [-0.4, -0.2) is 30.9 Å². The molecule has 0 aliphatic rings. The molecule has 0 aliphatic heterocycles. The Labute approximate surface area is 153 Å². The lowest BCUT2D eigenvalue weighted by Gasteiger charge is -2.16. The molecule has 1 aromatic carbocycles. The van der Waals surface area contributed by atoms with Gasteiger partial charge in [-0.1, -0.05) is 12.1 Å². The van der Waals surface area contributed by atoms with Crippen LogP contribution in [0.4, 0.5) is 9.39 Å². The molecule has 1 heterocycles. The number of nitrogens with one attached hydrogen (secondary N) is 1. The normalized spacial score (nSPS) is 12.0. The van der Waals surface area contributed by atoms with Gasteiger partial charge in [0.25, 0.3) is 11.8 Å². The molecule has 0 bridgehead atoms. The largest absolute Gasteiger partial charge is 0.381 e. The molecule has 0 spiro atoms. The Morgan fingerprint density at radius 2 is 1.85 bits per heavy atom. The molecule has 0 saturated heterocycles. The van der Waals surface area contributed by atoms with Crippen LogP contribution < -0.4 is 11.1 Å². The smallest absolute Gasteiger partial charge is 0.256 e. The number of anilines is 1. The number of carbonyl (C=O) groups is 2. The first-order valence-electron chi connectivity index (χ1n) is 7.34. The third-order valence-electron chi connectivity index (χ3n) is 3.41. The fourth-order valence-electron chi connectivity index (χ4n) is 1.91. The molecular weight excluding hydrogens is 383 g/mol. The lowest BCUT2D eigenvalue weighted by molar-refractivity contribution is -0.130. The molecule has 10 heteroatoms. The van der Waals surface area contributed by atoms with Crippen LogP contribution in [-0.2, 0) is 21.3 Å². The highest BCUT2D eigenvalue weighted by atomic mass is 32.2. The second-order valence-corrected chi connectivity index (χ2v) is 9.20. The number of alkyl halides is 1. The number of amides is 2. The first-order chi connectivity index (χ1) is 12.0. The number of sulfone groups is 1. The lowest BCUT2D eigenvalue weighted by atomic mass is 10.1. The van der Waals surface area contributed by atoms with E-state index in [1.807, 2.05) is 0 Å². The highest BCUT2D eigenvalue weighted by Crippen LogP contribution is 2.35. The average molecular weight is 400 g/mol. The van der Waals surface area contributed by atoms with Crippen LogP contribution in [0.25, 0.3) is 0 Å². The van der Waals surface area contributed by atoms with Crippen molar-refractivity contribution in [2.45, 2.75) is 35.2 Å². The van der Waals surface area contributed by atoms with Crippen LogP contribution in [0.1, 0.15) is 29.8 Å². The Hall–Kier alpha value is -2.30. The van der Waals surface area contributed by atoms with Gasteiger partial charge < -0.3 is 16.2 Å². The molecule has 140 valence electrons. The van der Waals surface area contributed by atoms with Crippen molar-refractivity contribution in [1.82, 2.24) is 0 Å². The summed E-state index contributed by atoms with van der Waals surface area (Å²) in [5.74, 6) is -1.75. The van der Waals surface area contributed by atoms with Gasteiger partial charge in [0.1, 0.15) is 21.5 Å². The maximum Gasteiger partial charge on any atom is 0.256 e. The minimum absolute atomic E-state index is 0.0800. The van der Waals surface area contributed by atoms with Crippen molar-refractivity contribution in [3.63, 3.8) is 0 Å². The fourth-order valence-corrected chi connectivity index (χ4v) is 4.68. The summed E-state index contributed by atoms with van der Waals surface area (Å²) in [6.07, 6.45) is 0. The van der Waals surface area contributed by atoms with E-state index in [1.165, 1.54) is 38.1 Å². The molecule has 0 fully saturated rings. The Bertz CT molecular complexity index is 944. The maximum atomic E-state index is 12.7. The van der Waals surface area contributed by atoms with E-state index in [1.54, 1.807) is 0 Å². The van der Waals surface area contributed by atoms with E-state index < -0.39 is 33.9 Å². The Morgan fingerprint density at radius 3 is 2.31 bits per heavy atom. The molecule has 4 N–H and O–H groups in total. The summed E-state index contributed by atoms with van der Waals surface area (Å²) in [4.78, 5) is 23.4. The summed E-state index contributed by atoms with van der Waals surface area (Å²) in [6, 6.07) is 6.25. The Balaban J connectivity index is 2.47. The summed E-state index contributed by atoms with van der Waals surface area (Å²) in [5.41, 5.74) is 3.65. The quantitative estimate of drug-likeness (QED) is 0.682. The summed E-state index contributed by atoms with van der Waals surface area (Å²) in [7, 11) is -4.00. The number of hydrogen-bond acceptors (Lipinski definition) is 6. The van der Waals surface area contributed by atoms with E-state index in [9.17, 15) is 27.5 Å². The second-order valence-electron chi connectivity index (χ2n) is 5.97. The lowest BCUT2D eigenvalue weighted by Crippen LogP contribution is -2.36. The van der Waals surface area contributed by atoms with Crippen LogP contribution in [0.5, 0.6) is 0 Å². The van der Waals surface area contributed by atoms with Crippen LogP contribution in [0.15, 0.2) is 39.4 Å². The second kappa shape index (κ2) is 7.14. The van der Waals surface area contributed by atoms with Gasteiger partial charge in [-0.2, -0.15) is 0 Å². The van der Waals surface area contributed by atoms with Gasteiger partial charge in [0, 0.05) is 0 Å². The van der Waals surface area contributed by atoms with Gasteiger partial charge in [0.05, 0.1) is 10.5 Å². The van der Waals surface area contributed by atoms with Gasteiger partial charge in [0.2, 0.25) is 9.84 Å². The van der Waals surface area contributed by atoms with E-state index in [0.29, 0.717) is 16.9 Å². The summed E-state index contributed by atoms with van der Waals surface area (Å²) in [5, 5.41) is 11.9. The molecule has 0 aliphatic carbocycles. The maximum absolute atomic E-state index is 12.7. The number of primary amides is 1. The van der Waals surface area contributed by atoms with Gasteiger partial charge in [-0.15, -0.1) is 11.3 Å². The van der Waals surface area contributed by atoms with E-state index >= 15 is 0 Å². The zero-order valence-corrected chi connectivity index (χ0v) is 15.6. The standard InChI is InChI=1S/C16H17FN2O5S2/c1-16(2,22)15(21)19-14-11(13(18)20)7-12(25-14)26(23,24)10-5-3-9(8-17)4-6-10/h3-7,22H,8H2,1-2H3,(H2,18,20)(H,19,21). The molecule has 7 nitrogen and oxygen atoms in total. The molecular formula is C16H17FN2O5S2. The van der Waals surface area contributed by atoms with Crippen molar-refractivity contribution in [1.29, 1.82) is 0 Å². The Morgan fingerprint density at radius 1 is 1.27 bits per heavy atom. The molecule has 26 heavy (non-hydrogen) atoms. The number of halogens is 1. The van der Waals surface area contributed by atoms with Crippen LogP contribution in [0.2, 0.25) is 0 Å². The molecule has 2 rings (SSSR count). The Kier molecular flexibility index (Phi) is 5.49. The zero-order valence-electron chi connectivity index (χ0n) is 13.9. The monoisotopic (exact) mass is 400 g/mol. The number of rotatable bonds is 6. The highest BCUT2D eigenvalue weighted by Gasteiger charge is 2.29. The number of nitrogens with two attached hydrogens (primary N) is 1. The van der Waals surface area contributed by atoms with Crippen molar-refractivity contribution in [2.75, 3.05) is 5.32 Å². The van der Waals surface area contributed by atoms with Gasteiger partial charge in [-0.25, -0.2) is 12.8 Å². The molecule has 0 radical (unpaired) electrons. The topological polar surface area (TPSA) is 127 Å². The number of thiophene rings is 1. The summed E-state index contributed by atoms with van der Waals surface area (Å²) in [6.45, 7) is 1.76. The minimum atomic E-state index is -4.00.